The Morgan fingerprint density at radius 3 is 2.61 bits per heavy atom. The van der Waals surface area contributed by atoms with Crippen LogP contribution in [0, 0.1) is 5.92 Å². The molecule has 3 nitrogen and oxygen atoms in total. The maximum Gasteiger partial charge on any atom is 0.147 e. The van der Waals surface area contributed by atoms with Crippen LogP contribution in [0.1, 0.15) is 37.7 Å². The number of hydrogen-bond donors (Lipinski definition) is 2. The first kappa shape index (κ1) is 16.4. The summed E-state index contributed by atoms with van der Waals surface area (Å²) in [5.74, 6) is 1.31. The van der Waals surface area contributed by atoms with Gasteiger partial charge >= 0.3 is 0 Å². The Morgan fingerprint density at radius 1 is 1.13 bits per heavy atom. The van der Waals surface area contributed by atoms with E-state index < -0.39 is 0 Å². The molecule has 1 aliphatic rings. The van der Waals surface area contributed by atoms with Crippen molar-refractivity contribution in [3.8, 4) is 11.1 Å². The summed E-state index contributed by atoms with van der Waals surface area (Å²) in [6.07, 6.45) is 9.25. The molecule has 2 aromatic rings. The third kappa shape index (κ3) is 3.91. The second-order valence-corrected chi connectivity index (χ2v) is 7.11. The standard InChI is InChI=1S/C18H21Cl2N3/c19-13-7-8-14(15(20)9-13)16-12(10-23-18(22)17(16)21)4-2-1-3-11-5-6-11/h7-11H,1-6,21H2,(H2,22,23). The molecular formula is C18H21Cl2N3. The van der Waals surface area contributed by atoms with Crippen molar-refractivity contribution in [3.05, 3.63) is 40.0 Å². The van der Waals surface area contributed by atoms with E-state index in [9.17, 15) is 0 Å². The number of aryl methyl sites for hydroxylation is 1. The van der Waals surface area contributed by atoms with Gasteiger partial charge in [0.15, 0.2) is 0 Å². The van der Waals surface area contributed by atoms with E-state index in [1.54, 1.807) is 6.07 Å². The van der Waals surface area contributed by atoms with E-state index in [-0.39, 0.29) is 0 Å². The number of aromatic nitrogens is 1. The Hall–Kier alpha value is -1.45. The van der Waals surface area contributed by atoms with E-state index in [2.05, 4.69) is 4.98 Å². The van der Waals surface area contributed by atoms with Crippen LogP contribution in [-0.2, 0) is 6.42 Å². The molecular weight excluding hydrogens is 329 g/mol. The molecule has 1 aromatic carbocycles. The van der Waals surface area contributed by atoms with Crippen LogP contribution in [-0.4, -0.2) is 4.98 Å². The van der Waals surface area contributed by atoms with Crippen molar-refractivity contribution in [2.75, 3.05) is 11.5 Å². The molecule has 5 heteroatoms. The zero-order valence-corrected chi connectivity index (χ0v) is 14.5. The minimum Gasteiger partial charge on any atom is -0.395 e. The molecule has 0 spiro atoms. The minimum absolute atomic E-state index is 0.341. The largest absolute Gasteiger partial charge is 0.395 e. The molecule has 4 N–H and O–H groups in total. The molecule has 1 aliphatic carbocycles. The molecule has 0 radical (unpaired) electrons. The van der Waals surface area contributed by atoms with Gasteiger partial charge < -0.3 is 11.5 Å². The number of nitrogens with zero attached hydrogens (tertiary/aromatic N) is 1. The number of rotatable bonds is 6. The summed E-state index contributed by atoms with van der Waals surface area (Å²) in [7, 11) is 0. The molecule has 0 atom stereocenters. The van der Waals surface area contributed by atoms with Gasteiger partial charge in [-0.2, -0.15) is 0 Å². The molecule has 3 rings (SSSR count). The Balaban J connectivity index is 1.87. The van der Waals surface area contributed by atoms with Crippen molar-refractivity contribution >= 4 is 34.7 Å². The first-order valence-corrected chi connectivity index (χ1v) is 8.80. The van der Waals surface area contributed by atoms with Gasteiger partial charge in [-0.05, 0) is 36.5 Å². The van der Waals surface area contributed by atoms with Gasteiger partial charge in [0.2, 0.25) is 0 Å². The zero-order chi connectivity index (χ0) is 16.4. The van der Waals surface area contributed by atoms with Gasteiger partial charge in [-0.3, -0.25) is 0 Å². The molecule has 0 bridgehead atoms. The van der Waals surface area contributed by atoms with E-state index >= 15 is 0 Å². The van der Waals surface area contributed by atoms with Crippen LogP contribution in [0.5, 0.6) is 0 Å². The van der Waals surface area contributed by atoms with Gasteiger partial charge in [0, 0.05) is 27.4 Å². The van der Waals surface area contributed by atoms with Crippen molar-refractivity contribution in [1.82, 2.24) is 4.98 Å². The quantitative estimate of drug-likeness (QED) is 0.691. The van der Waals surface area contributed by atoms with Crippen LogP contribution >= 0.6 is 23.2 Å². The number of nitrogen functional groups attached to an aromatic ring is 2. The normalized spacial score (nSPS) is 14.2. The molecule has 1 aromatic heterocycles. The van der Waals surface area contributed by atoms with E-state index in [0.717, 1.165) is 35.4 Å². The summed E-state index contributed by atoms with van der Waals surface area (Å²) < 4.78 is 0. The molecule has 0 saturated heterocycles. The predicted molar refractivity (Wildman–Crippen MR) is 98.8 cm³/mol. The Morgan fingerprint density at radius 2 is 1.91 bits per heavy atom. The third-order valence-electron chi connectivity index (χ3n) is 4.43. The predicted octanol–water partition coefficient (Wildman–Crippen LogP) is 5.34. The maximum absolute atomic E-state index is 6.37. The first-order chi connectivity index (χ1) is 11.1. The molecule has 1 fully saturated rings. The van der Waals surface area contributed by atoms with Crippen molar-refractivity contribution in [3.63, 3.8) is 0 Å². The molecule has 1 heterocycles. The molecule has 0 amide bonds. The SMILES string of the molecule is Nc1ncc(CCCCC2CC2)c(-c2ccc(Cl)cc2Cl)c1N. The Kier molecular flexibility index (Phi) is 4.98. The van der Waals surface area contributed by atoms with Crippen LogP contribution in [0.4, 0.5) is 11.5 Å². The average Bonchev–Trinajstić information content (AvgIpc) is 3.33. The highest BCUT2D eigenvalue weighted by molar-refractivity contribution is 6.36. The van der Waals surface area contributed by atoms with Gasteiger partial charge in [-0.15, -0.1) is 0 Å². The number of pyridine rings is 1. The van der Waals surface area contributed by atoms with Crippen LogP contribution < -0.4 is 11.5 Å². The molecule has 1 saturated carbocycles. The molecule has 23 heavy (non-hydrogen) atoms. The summed E-state index contributed by atoms with van der Waals surface area (Å²) >= 11 is 12.4. The fourth-order valence-corrected chi connectivity index (χ4v) is 3.44. The van der Waals surface area contributed by atoms with Crippen molar-refractivity contribution in [1.29, 1.82) is 0 Å². The highest BCUT2D eigenvalue weighted by Crippen LogP contribution is 2.39. The minimum atomic E-state index is 0.341. The highest BCUT2D eigenvalue weighted by Gasteiger charge is 2.20. The van der Waals surface area contributed by atoms with Gasteiger partial charge in [-0.1, -0.05) is 55.0 Å². The lowest BCUT2D eigenvalue weighted by atomic mass is 9.95. The average molecular weight is 350 g/mol. The second-order valence-electron chi connectivity index (χ2n) is 6.27. The molecule has 122 valence electrons. The summed E-state index contributed by atoms with van der Waals surface area (Å²) in [5.41, 5.74) is 15.5. The number of benzene rings is 1. The number of anilines is 2. The number of halogens is 2. The van der Waals surface area contributed by atoms with Crippen molar-refractivity contribution in [2.24, 2.45) is 5.92 Å². The van der Waals surface area contributed by atoms with Crippen LogP contribution in [0.15, 0.2) is 24.4 Å². The van der Waals surface area contributed by atoms with Crippen LogP contribution in [0.25, 0.3) is 11.1 Å². The van der Waals surface area contributed by atoms with Gasteiger partial charge in [0.1, 0.15) is 5.82 Å². The lowest BCUT2D eigenvalue weighted by Gasteiger charge is -2.15. The topological polar surface area (TPSA) is 64.9 Å². The monoisotopic (exact) mass is 349 g/mol. The zero-order valence-electron chi connectivity index (χ0n) is 13.0. The number of nitrogens with two attached hydrogens (primary N) is 2. The third-order valence-corrected chi connectivity index (χ3v) is 4.98. The van der Waals surface area contributed by atoms with E-state index in [1.165, 1.54) is 25.7 Å². The number of hydrogen-bond acceptors (Lipinski definition) is 3. The highest BCUT2D eigenvalue weighted by atomic mass is 35.5. The maximum atomic E-state index is 6.37. The fourth-order valence-electron chi connectivity index (χ4n) is 2.94. The van der Waals surface area contributed by atoms with Crippen LogP contribution in [0.2, 0.25) is 10.0 Å². The summed E-state index contributed by atoms with van der Waals surface area (Å²) in [6.45, 7) is 0. The molecule has 0 unspecified atom stereocenters. The van der Waals surface area contributed by atoms with Gasteiger partial charge in [-0.25, -0.2) is 4.98 Å². The van der Waals surface area contributed by atoms with Crippen molar-refractivity contribution in [2.45, 2.75) is 38.5 Å². The lowest BCUT2D eigenvalue weighted by molar-refractivity contribution is 0.628. The summed E-state index contributed by atoms with van der Waals surface area (Å²) in [5, 5.41) is 1.18. The van der Waals surface area contributed by atoms with E-state index in [1.807, 2.05) is 18.3 Å². The van der Waals surface area contributed by atoms with Crippen LogP contribution in [0.3, 0.4) is 0 Å². The Labute approximate surface area is 147 Å². The van der Waals surface area contributed by atoms with Gasteiger partial charge in [0.25, 0.3) is 0 Å². The smallest absolute Gasteiger partial charge is 0.147 e. The second kappa shape index (κ2) is 6.98. The summed E-state index contributed by atoms with van der Waals surface area (Å²) in [6, 6.07) is 5.44. The summed E-state index contributed by atoms with van der Waals surface area (Å²) in [4.78, 5) is 4.22. The first-order valence-electron chi connectivity index (χ1n) is 8.04. The van der Waals surface area contributed by atoms with Gasteiger partial charge in [0.05, 0.1) is 5.69 Å². The van der Waals surface area contributed by atoms with Crippen molar-refractivity contribution < 1.29 is 0 Å². The lowest BCUT2D eigenvalue weighted by Crippen LogP contribution is -2.04. The fraction of sp³-hybridized carbons (Fsp3) is 0.389. The number of unbranched alkanes of at least 4 members (excludes halogenated alkanes) is 1. The molecule has 0 aliphatic heterocycles. The van der Waals surface area contributed by atoms with E-state index in [4.69, 9.17) is 34.7 Å². The Bertz CT molecular complexity index is 712. The van der Waals surface area contributed by atoms with E-state index in [0.29, 0.717) is 21.6 Å².